The van der Waals surface area contributed by atoms with E-state index in [0.717, 1.165) is 5.76 Å². The van der Waals surface area contributed by atoms with Crippen LogP contribution in [0.4, 0.5) is 0 Å². The molecule has 5 nitrogen and oxygen atoms in total. The normalized spacial score (nSPS) is 11.4. The van der Waals surface area contributed by atoms with Crippen molar-refractivity contribution in [1.82, 2.24) is 5.43 Å². The number of hydrogen-bond acceptors (Lipinski definition) is 4. The zero-order valence-corrected chi connectivity index (χ0v) is 13.5. The molecule has 22 heavy (non-hydrogen) atoms. The fourth-order valence-corrected chi connectivity index (χ4v) is 2.06. The van der Waals surface area contributed by atoms with Gasteiger partial charge in [-0.05, 0) is 44.2 Å². The van der Waals surface area contributed by atoms with Gasteiger partial charge >= 0.3 is 0 Å². The number of nitrogens with zero attached hydrogens (tertiary/aromatic N) is 1. The van der Waals surface area contributed by atoms with Gasteiger partial charge in [0.05, 0.1) is 5.02 Å². The number of furan rings is 1. The standard InChI is InChI=1S/C15H14Cl2N2O3/c1-9-3-5-13(22-9)10(2)18-19-15(20)8-21-14-6-4-11(16)7-12(14)17/h3-7H,8H2,1-2H3,(H,19,20). The maximum absolute atomic E-state index is 11.7. The van der Waals surface area contributed by atoms with Crippen molar-refractivity contribution in [2.24, 2.45) is 5.10 Å². The van der Waals surface area contributed by atoms with E-state index in [1.165, 1.54) is 6.07 Å². The van der Waals surface area contributed by atoms with E-state index in [0.29, 0.717) is 27.3 Å². The highest BCUT2D eigenvalue weighted by atomic mass is 35.5. The molecule has 0 aliphatic rings. The molecule has 0 bridgehead atoms. The number of carbonyl (C=O) groups excluding carboxylic acids is 1. The number of hydrogen-bond donors (Lipinski definition) is 1. The van der Waals surface area contributed by atoms with E-state index >= 15 is 0 Å². The molecule has 116 valence electrons. The number of hydrazone groups is 1. The molecule has 1 amide bonds. The first-order valence-electron chi connectivity index (χ1n) is 6.43. The van der Waals surface area contributed by atoms with Crippen molar-refractivity contribution in [2.45, 2.75) is 13.8 Å². The SMILES string of the molecule is CC(=NNC(=O)COc1ccc(Cl)cc1Cl)c1ccc(C)o1. The molecule has 0 fully saturated rings. The lowest BCUT2D eigenvalue weighted by atomic mass is 10.3. The monoisotopic (exact) mass is 340 g/mol. The minimum atomic E-state index is -0.409. The third-order valence-electron chi connectivity index (χ3n) is 2.70. The summed E-state index contributed by atoms with van der Waals surface area (Å²) in [6.45, 7) is 3.35. The molecule has 1 heterocycles. The van der Waals surface area contributed by atoms with E-state index in [1.54, 1.807) is 25.1 Å². The lowest BCUT2D eigenvalue weighted by Gasteiger charge is -2.07. The van der Waals surface area contributed by atoms with Crippen LogP contribution in [0.2, 0.25) is 10.0 Å². The largest absolute Gasteiger partial charge is 0.482 e. The second-order valence-electron chi connectivity index (χ2n) is 4.51. The summed E-state index contributed by atoms with van der Waals surface area (Å²) in [4.78, 5) is 11.7. The van der Waals surface area contributed by atoms with E-state index in [1.807, 2.05) is 13.0 Å². The van der Waals surface area contributed by atoms with Gasteiger partial charge < -0.3 is 9.15 Å². The number of rotatable bonds is 5. The van der Waals surface area contributed by atoms with Crippen LogP contribution in [0.1, 0.15) is 18.4 Å². The Bertz CT molecular complexity index is 711. The minimum absolute atomic E-state index is 0.213. The van der Waals surface area contributed by atoms with Gasteiger partial charge in [0, 0.05) is 5.02 Å². The van der Waals surface area contributed by atoms with Crippen LogP contribution in [0.3, 0.4) is 0 Å². The molecule has 2 rings (SSSR count). The Morgan fingerprint density at radius 2 is 2.09 bits per heavy atom. The van der Waals surface area contributed by atoms with Crippen molar-refractivity contribution < 1.29 is 13.9 Å². The molecule has 1 aromatic carbocycles. The van der Waals surface area contributed by atoms with Crippen LogP contribution in [0.5, 0.6) is 5.75 Å². The van der Waals surface area contributed by atoms with Gasteiger partial charge in [-0.25, -0.2) is 5.43 Å². The van der Waals surface area contributed by atoms with Crippen LogP contribution in [-0.4, -0.2) is 18.2 Å². The Balaban J connectivity index is 1.88. The topological polar surface area (TPSA) is 63.8 Å². The highest BCUT2D eigenvalue weighted by molar-refractivity contribution is 6.35. The molecule has 7 heteroatoms. The summed E-state index contributed by atoms with van der Waals surface area (Å²) >= 11 is 11.7. The predicted octanol–water partition coefficient (Wildman–Crippen LogP) is 3.81. The predicted molar refractivity (Wildman–Crippen MR) is 85.8 cm³/mol. The summed E-state index contributed by atoms with van der Waals surface area (Å²) in [6.07, 6.45) is 0. The van der Waals surface area contributed by atoms with Gasteiger partial charge in [0.2, 0.25) is 0 Å². The van der Waals surface area contributed by atoms with Gasteiger partial charge in [-0.1, -0.05) is 23.2 Å². The third-order valence-corrected chi connectivity index (χ3v) is 3.23. The number of carbonyl (C=O) groups is 1. The van der Waals surface area contributed by atoms with Gasteiger partial charge in [-0.2, -0.15) is 5.10 Å². The molecule has 0 aliphatic heterocycles. The lowest BCUT2D eigenvalue weighted by Crippen LogP contribution is -2.25. The first kappa shape index (κ1) is 16.4. The summed E-state index contributed by atoms with van der Waals surface area (Å²) in [5, 5.41) is 4.78. The van der Waals surface area contributed by atoms with Gasteiger partial charge in [0.15, 0.2) is 6.61 Å². The van der Waals surface area contributed by atoms with Crippen molar-refractivity contribution in [3.8, 4) is 5.75 Å². The smallest absolute Gasteiger partial charge is 0.277 e. The maximum atomic E-state index is 11.7. The number of amides is 1. The first-order chi connectivity index (χ1) is 10.5. The first-order valence-corrected chi connectivity index (χ1v) is 7.19. The summed E-state index contributed by atoms with van der Waals surface area (Å²) in [5.74, 6) is 1.34. The van der Waals surface area contributed by atoms with E-state index in [4.69, 9.17) is 32.4 Å². The van der Waals surface area contributed by atoms with Crippen molar-refractivity contribution in [1.29, 1.82) is 0 Å². The molecule has 0 aliphatic carbocycles. The highest BCUT2D eigenvalue weighted by Crippen LogP contribution is 2.27. The van der Waals surface area contributed by atoms with Crippen molar-refractivity contribution >= 4 is 34.8 Å². The Hall–Kier alpha value is -1.98. The number of nitrogens with one attached hydrogen (secondary N) is 1. The van der Waals surface area contributed by atoms with Crippen LogP contribution in [0.15, 0.2) is 39.9 Å². The Kier molecular flexibility index (Phi) is 5.46. The molecule has 0 radical (unpaired) electrons. The quantitative estimate of drug-likeness (QED) is 0.664. The minimum Gasteiger partial charge on any atom is -0.482 e. The average molecular weight is 341 g/mol. The summed E-state index contributed by atoms with van der Waals surface area (Å²) in [7, 11) is 0. The van der Waals surface area contributed by atoms with Crippen molar-refractivity contribution in [3.05, 3.63) is 51.9 Å². The summed E-state index contributed by atoms with van der Waals surface area (Å²) in [6, 6.07) is 8.37. The number of aryl methyl sites for hydroxylation is 1. The second-order valence-corrected chi connectivity index (χ2v) is 5.35. The molecule has 0 atom stereocenters. The molecular weight excluding hydrogens is 327 g/mol. The van der Waals surface area contributed by atoms with Gasteiger partial charge in [0.25, 0.3) is 5.91 Å². The molecule has 1 N–H and O–H groups in total. The van der Waals surface area contributed by atoms with Crippen LogP contribution in [-0.2, 0) is 4.79 Å². The summed E-state index contributed by atoms with van der Waals surface area (Å²) in [5.41, 5.74) is 2.95. The fraction of sp³-hybridized carbons (Fsp3) is 0.200. The van der Waals surface area contributed by atoms with Crippen LogP contribution >= 0.6 is 23.2 Å². The lowest BCUT2D eigenvalue weighted by molar-refractivity contribution is -0.123. The molecule has 1 aromatic heterocycles. The maximum Gasteiger partial charge on any atom is 0.277 e. The van der Waals surface area contributed by atoms with Crippen LogP contribution in [0.25, 0.3) is 0 Å². The van der Waals surface area contributed by atoms with Gasteiger partial charge in [-0.15, -0.1) is 0 Å². The van der Waals surface area contributed by atoms with E-state index < -0.39 is 5.91 Å². The number of ether oxygens (including phenoxy) is 1. The molecule has 0 saturated carbocycles. The molecule has 0 unspecified atom stereocenters. The van der Waals surface area contributed by atoms with Gasteiger partial charge in [-0.3, -0.25) is 4.79 Å². The molecule has 0 saturated heterocycles. The van der Waals surface area contributed by atoms with E-state index in [-0.39, 0.29) is 6.61 Å². The van der Waals surface area contributed by atoms with E-state index in [9.17, 15) is 4.79 Å². The zero-order chi connectivity index (χ0) is 16.1. The Labute approximate surface area is 137 Å². The van der Waals surface area contributed by atoms with Crippen molar-refractivity contribution in [3.63, 3.8) is 0 Å². The molecule has 0 spiro atoms. The number of benzene rings is 1. The Morgan fingerprint density at radius 1 is 1.32 bits per heavy atom. The van der Waals surface area contributed by atoms with Gasteiger partial charge in [0.1, 0.15) is 23.0 Å². The van der Waals surface area contributed by atoms with Crippen LogP contribution < -0.4 is 10.2 Å². The second kappa shape index (κ2) is 7.33. The fourth-order valence-electron chi connectivity index (χ4n) is 1.60. The van der Waals surface area contributed by atoms with E-state index in [2.05, 4.69) is 10.5 Å². The third kappa shape index (κ3) is 4.51. The number of halogens is 2. The molecule has 2 aromatic rings. The van der Waals surface area contributed by atoms with Crippen molar-refractivity contribution in [2.75, 3.05) is 6.61 Å². The zero-order valence-electron chi connectivity index (χ0n) is 12.0. The van der Waals surface area contributed by atoms with Crippen LogP contribution in [0, 0.1) is 6.92 Å². The average Bonchev–Trinajstić information content (AvgIpc) is 2.90. The molecular formula is C15H14Cl2N2O3. The summed E-state index contributed by atoms with van der Waals surface area (Å²) < 4.78 is 10.7. The Morgan fingerprint density at radius 3 is 2.73 bits per heavy atom. The highest BCUT2D eigenvalue weighted by Gasteiger charge is 2.07.